The van der Waals surface area contributed by atoms with Crippen molar-refractivity contribution in [3.8, 4) is 0 Å². The Balaban J connectivity index is 2.49. The van der Waals surface area contributed by atoms with E-state index in [4.69, 9.17) is 11.6 Å². The average Bonchev–Trinajstić information content (AvgIpc) is 2.50. The summed E-state index contributed by atoms with van der Waals surface area (Å²) in [7, 11) is 5.82. The van der Waals surface area contributed by atoms with Crippen LogP contribution in [0.15, 0.2) is 53.3 Å². The van der Waals surface area contributed by atoms with E-state index in [2.05, 4.69) is 41.1 Å². The van der Waals surface area contributed by atoms with E-state index in [1.807, 2.05) is 45.4 Å². The Morgan fingerprint density at radius 1 is 1.10 bits per heavy atom. The molecule has 0 aromatic heterocycles. The lowest BCUT2D eigenvalue weighted by Gasteiger charge is -2.35. The Labute approximate surface area is 131 Å². The topological polar surface area (TPSA) is 36.1 Å². The van der Waals surface area contributed by atoms with Crippen molar-refractivity contribution in [2.75, 3.05) is 21.1 Å². The normalized spacial score (nSPS) is 19.2. The molecule has 0 heterocycles. The van der Waals surface area contributed by atoms with Crippen LogP contribution in [0, 0.1) is 0 Å². The van der Waals surface area contributed by atoms with Crippen molar-refractivity contribution in [1.29, 1.82) is 0 Å². The molecule has 3 nitrogen and oxygen atoms in total. The Morgan fingerprint density at radius 3 is 2.33 bits per heavy atom. The van der Waals surface area contributed by atoms with Crippen LogP contribution in [0.25, 0.3) is 6.08 Å². The summed E-state index contributed by atoms with van der Waals surface area (Å²) in [5, 5.41) is 10.7. The molecule has 0 aliphatic heterocycles. The molecular weight excluding hydrogens is 282 g/mol. The van der Waals surface area contributed by atoms with Crippen LogP contribution in [0.5, 0.6) is 0 Å². The number of hydrogen-bond acceptors (Lipinski definition) is 3. The van der Waals surface area contributed by atoms with Gasteiger partial charge in [-0.1, -0.05) is 35.9 Å². The quantitative estimate of drug-likeness (QED) is 0.749. The number of nitrogens with one attached hydrogen (secondary N) is 3. The van der Waals surface area contributed by atoms with Crippen LogP contribution >= 0.6 is 11.6 Å². The third-order valence-corrected chi connectivity index (χ3v) is 4.28. The van der Waals surface area contributed by atoms with Gasteiger partial charge in [-0.3, -0.25) is 10.6 Å². The fourth-order valence-corrected chi connectivity index (χ4v) is 2.79. The molecule has 1 aromatic carbocycles. The molecule has 112 valence electrons. The maximum Gasteiger partial charge on any atom is 0.112 e. The summed E-state index contributed by atoms with van der Waals surface area (Å²) >= 11 is 6.25. The maximum atomic E-state index is 6.25. The van der Waals surface area contributed by atoms with Gasteiger partial charge in [0.15, 0.2) is 0 Å². The second-order valence-corrected chi connectivity index (χ2v) is 5.47. The number of hydrogen-bond donors (Lipinski definition) is 3. The number of halogens is 1. The van der Waals surface area contributed by atoms with Gasteiger partial charge in [-0.2, -0.15) is 0 Å². The Kier molecular flexibility index (Phi) is 4.88. The van der Waals surface area contributed by atoms with E-state index >= 15 is 0 Å². The Hall–Kier alpha value is -1.55. The van der Waals surface area contributed by atoms with Crippen LogP contribution < -0.4 is 16.0 Å². The zero-order valence-electron chi connectivity index (χ0n) is 12.9. The fourth-order valence-electron chi connectivity index (χ4n) is 2.60. The SMILES string of the molecule is CNC1=CC(NC)(NC)C(C)=CC1=Cc1ccccc1Cl. The summed E-state index contributed by atoms with van der Waals surface area (Å²) < 4.78 is 0. The summed E-state index contributed by atoms with van der Waals surface area (Å²) in [4.78, 5) is 0. The molecule has 0 radical (unpaired) electrons. The zero-order valence-corrected chi connectivity index (χ0v) is 13.7. The van der Waals surface area contributed by atoms with Gasteiger partial charge in [-0.15, -0.1) is 0 Å². The van der Waals surface area contributed by atoms with E-state index in [1.165, 1.54) is 5.57 Å². The van der Waals surface area contributed by atoms with Crippen LogP contribution in [0.2, 0.25) is 5.02 Å². The van der Waals surface area contributed by atoms with E-state index in [0.29, 0.717) is 0 Å². The first kappa shape index (κ1) is 15.8. The molecule has 0 bridgehead atoms. The molecular formula is C17H22ClN3. The number of likely N-dealkylation sites (N-methyl/N-ethyl adjacent to an activating group) is 3. The lowest BCUT2D eigenvalue weighted by Crippen LogP contribution is -2.54. The van der Waals surface area contributed by atoms with E-state index in [0.717, 1.165) is 21.9 Å². The second kappa shape index (κ2) is 6.48. The molecule has 0 amide bonds. The Bertz CT molecular complexity index is 610. The predicted octanol–water partition coefficient (Wildman–Crippen LogP) is 2.92. The van der Waals surface area contributed by atoms with Crippen molar-refractivity contribution in [3.63, 3.8) is 0 Å². The molecule has 1 aliphatic carbocycles. The van der Waals surface area contributed by atoms with Gasteiger partial charge in [0.25, 0.3) is 0 Å². The second-order valence-electron chi connectivity index (χ2n) is 5.06. The number of allylic oxidation sites excluding steroid dienone is 1. The summed E-state index contributed by atoms with van der Waals surface area (Å²) in [5.41, 5.74) is 4.06. The van der Waals surface area contributed by atoms with Crippen molar-refractivity contribution in [2.24, 2.45) is 0 Å². The fraction of sp³-hybridized carbons (Fsp3) is 0.294. The van der Waals surface area contributed by atoms with Crippen molar-refractivity contribution in [1.82, 2.24) is 16.0 Å². The van der Waals surface area contributed by atoms with E-state index in [-0.39, 0.29) is 5.66 Å². The van der Waals surface area contributed by atoms with Gasteiger partial charge >= 0.3 is 0 Å². The van der Waals surface area contributed by atoms with Gasteiger partial charge in [-0.05, 0) is 55.9 Å². The van der Waals surface area contributed by atoms with Crippen molar-refractivity contribution >= 4 is 17.7 Å². The monoisotopic (exact) mass is 303 g/mol. The lowest BCUT2D eigenvalue weighted by molar-refractivity contribution is 0.431. The van der Waals surface area contributed by atoms with Gasteiger partial charge in [-0.25, -0.2) is 0 Å². The van der Waals surface area contributed by atoms with Crippen molar-refractivity contribution < 1.29 is 0 Å². The first-order valence-electron chi connectivity index (χ1n) is 7.00. The first-order chi connectivity index (χ1) is 10.1. The van der Waals surface area contributed by atoms with E-state index < -0.39 is 0 Å². The molecule has 0 unspecified atom stereocenters. The molecule has 0 saturated carbocycles. The minimum absolute atomic E-state index is 0.323. The first-order valence-corrected chi connectivity index (χ1v) is 7.38. The molecule has 4 heteroatoms. The number of rotatable bonds is 4. The van der Waals surface area contributed by atoms with Crippen LogP contribution in [0.4, 0.5) is 0 Å². The van der Waals surface area contributed by atoms with Gasteiger partial charge in [0.05, 0.1) is 0 Å². The van der Waals surface area contributed by atoms with Gasteiger partial charge in [0.2, 0.25) is 0 Å². The largest absolute Gasteiger partial charge is 0.388 e. The molecule has 0 fully saturated rings. The summed E-state index contributed by atoms with van der Waals surface area (Å²) in [6.07, 6.45) is 6.43. The highest BCUT2D eigenvalue weighted by molar-refractivity contribution is 6.32. The van der Waals surface area contributed by atoms with Crippen LogP contribution in [0.3, 0.4) is 0 Å². The van der Waals surface area contributed by atoms with Crippen molar-refractivity contribution in [2.45, 2.75) is 12.6 Å². The maximum absolute atomic E-state index is 6.25. The predicted molar refractivity (Wildman–Crippen MR) is 91.2 cm³/mol. The highest BCUT2D eigenvalue weighted by Gasteiger charge is 2.30. The molecule has 21 heavy (non-hydrogen) atoms. The highest BCUT2D eigenvalue weighted by Crippen LogP contribution is 2.29. The summed E-state index contributed by atoms with van der Waals surface area (Å²) in [6, 6.07) is 7.85. The molecule has 1 aromatic rings. The third kappa shape index (κ3) is 3.05. The van der Waals surface area contributed by atoms with Gasteiger partial charge < -0.3 is 5.32 Å². The number of benzene rings is 1. The molecule has 0 atom stereocenters. The molecule has 1 aliphatic rings. The van der Waals surface area contributed by atoms with E-state index in [9.17, 15) is 0 Å². The molecule has 0 saturated heterocycles. The smallest absolute Gasteiger partial charge is 0.112 e. The summed E-state index contributed by atoms with van der Waals surface area (Å²) in [6.45, 7) is 2.11. The zero-order chi connectivity index (χ0) is 15.5. The summed E-state index contributed by atoms with van der Waals surface area (Å²) in [5.74, 6) is 0. The van der Waals surface area contributed by atoms with Crippen LogP contribution in [-0.4, -0.2) is 26.8 Å². The lowest BCUT2D eigenvalue weighted by atomic mass is 9.89. The van der Waals surface area contributed by atoms with Crippen molar-refractivity contribution in [3.05, 3.63) is 63.8 Å². The molecule has 2 rings (SSSR count). The molecule has 3 N–H and O–H groups in total. The van der Waals surface area contributed by atoms with Gasteiger partial charge in [0.1, 0.15) is 5.66 Å². The Morgan fingerprint density at radius 2 is 1.76 bits per heavy atom. The highest BCUT2D eigenvalue weighted by atomic mass is 35.5. The average molecular weight is 304 g/mol. The van der Waals surface area contributed by atoms with Crippen LogP contribution in [0.1, 0.15) is 12.5 Å². The van der Waals surface area contributed by atoms with Crippen LogP contribution in [-0.2, 0) is 0 Å². The standard InChI is InChI=1S/C17H22ClN3/c1-12-9-14(10-13-7-5-6-8-15(13)18)16(19-2)11-17(12,20-3)21-4/h5-11,19-21H,1-4H3. The third-order valence-electron chi connectivity index (χ3n) is 3.94. The minimum atomic E-state index is -0.323. The minimum Gasteiger partial charge on any atom is -0.388 e. The van der Waals surface area contributed by atoms with Gasteiger partial charge in [0, 0.05) is 17.8 Å². The molecule has 0 spiro atoms. The van der Waals surface area contributed by atoms with E-state index in [1.54, 1.807) is 0 Å².